The molecule has 208 valence electrons. The molecule has 0 aliphatic carbocycles. The monoisotopic (exact) mass is 586 g/mol. The maximum Gasteiger partial charge on any atom is -1.00 e. The smallest absolute Gasteiger partial charge is 1.00 e. The summed E-state index contributed by atoms with van der Waals surface area (Å²) in [5, 5.41) is 0. The number of nitrogens with zero attached hydrogens (tertiary/aromatic N) is 2. The van der Waals surface area contributed by atoms with E-state index < -0.39 is 19.7 Å². The van der Waals surface area contributed by atoms with Crippen LogP contribution in [0.15, 0.2) is 36.4 Å². The molecular weight excluding hydrogens is 539 g/mol. The van der Waals surface area contributed by atoms with Gasteiger partial charge in [0.2, 0.25) is 0 Å². The number of aryl methyl sites for hydroxylation is 2. The largest absolute Gasteiger partial charge is 1.00 e. The van der Waals surface area contributed by atoms with Gasteiger partial charge in [-0.2, -0.15) is 0 Å². The van der Waals surface area contributed by atoms with E-state index in [1.807, 2.05) is 0 Å². The third-order valence-electron chi connectivity index (χ3n) is 6.52. The van der Waals surface area contributed by atoms with E-state index in [9.17, 15) is 0 Å². The van der Waals surface area contributed by atoms with E-state index in [1.54, 1.807) is 0 Å². The molecule has 2 aliphatic rings. The second-order valence-electron chi connectivity index (χ2n) is 9.48. The van der Waals surface area contributed by atoms with Crippen LogP contribution >= 0.6 is 0 Å². The second-order valence-corrected chi connectivity index (χ2v) is 11.5. The average Bonchev–Trinajstić information content (AvgIpc) is 3.62. The van der Waals surface area contributed by atoms with Crippen molar-refractivity contribution < 1.29 is 54.0 Å². The first-order valence-corrected chi connectivity index (χ1v) is 15.0. The van der Waals surface area contributed by atoms with E-state index in [2.05, 4.69) is 84.7 Å². The number of ether oxygens (including phenoxy) is 2. The van der Waals surface area contributed by atoms with Gasteiger partial charge in [0.1, 0.15) is 0 Å². The van der Waals surface area contributed by atoms with Crippen molar-refractivity contribution in [2.24, 2.45) is 0 Å². The van der Waals surface area contributed by atoms with Crippen molar-refractivity contribution in [1.29, 1.82) is 0 Å². The fourth-order valence-corrected chi connectivity index (χ4v) is 6.68. The quantitative estimate of drug-likeness (QED) is 0.439. The van der Waals surface area contributed by atoms with Gasteiger partial charge in [0.05, 0.1) is 0 Å². The predicted molar refractivity (Wildman–Crippen MR) is 147 cm³/mol. The summed E-state index contributed by atoms with van der Waals surface area (Å²) in [4.78, 5) is 0. The van der Waals surface area contributed by atoms with Crippen LogP contribution in [-0.4, -0.2) is 39.5 Å². The Balaban J connectivity index is 0.000000892. The van der Waals surface area contributed by atoms with Crippen LogP contribution in [0.1, 0.15) is 74.6 Å². The molecule has 4 nitrogen and oxygen atoms in total. The summed E-state index contributed by atoms with van der Waals surface area (Å²) in [6, 6.07) is 13.4. The minimum absolute atomic E-state index is 0. The Labute approximate surface area is 249 Å². The number of halogens is 2. The van der Waals surface area contributed by atoms with Gasteiger partial charge in [-0.15, -0.1) is 0 Å². The second kappa shape index (κ2) is 21.1. The molecule has 0 bridgehead atoms. The van der Waals surface area contributed by atoms with Crippen LogP contribution in [-0.2, 0) is 29.1 Å². The van der Waals surface area contributed by atoms with Gasteiger partial charge in [-0.3, -0.25) is 0 Å². The maximum atomic E-state index is 4.94. The molecule has 7 heteroatoms. The van der Waals surface area contributed by atoms with Crippen molar-refractivity contribution in [2.45, 2.75) is 80.1 Å². The van der Waals surface area contributed by atoms with Crippen LogP contribution in [0.25, 0.3) is 0 Å². The summed E-state index contributed by atoms with van der Waals surface area (Å²) in [6.45, 7) is 19.8. The van der Waals surface area contributed by atoms with E-state index in [-0.39, 0.29) is 24.8 Å². The van der Waals surface area contributed by atoms with E-state index in [0.717, 1.165) is 39.5 Å². The normalized spacial score (nSPS) is 13.6. The molecule has 2 aromatic rings. The van der Waals surface area contributed by atoms with Gasteiger partial charge in [-0.05, 0) is 25.7 Å². The third kappa shape index (κ3) is 12.8. The number of anilines is 2. The summed E-state index contributed by atoms with van der Waals surface area (Å²) in [5.41, 5.74) is 8.48. The number of benzene rings is 2. The molecule has 2 aliphatic heterocycles. The van der Waals surface area contributed by atoms with Gasteiger partial charge in [-0.25, -0.2) is 0 Å². The van der Waals surface area contributed by atoms with Crippen molar-refractivity contribution >= 4 is 11.4 Å². The molecule has 0 aromatic heterocycles. The van der Waals surface area contributed by atoms with Crippen LogP contribution in [0.5, 0.6) is 0 Å². The first-order chi connectivity index (χ1) is 17.0. The first-order valence-electron chi connectivity index (χ1n) is 13.6. The molecule has 0 amide bonds. The van der Waals surface area contributed by atoms with Crippen LogP contribution in [0.2, 0.25) is 0 Å². The van der Waals surface area contributed by atoms with E-state index >= 15 is 0 Å². The zero-order chi connectivity index (χ0) is 25.5. The Morgan fingerprint density at radius 1 is 0.622 bits per heavy atom. The van der Waals surface area contributed by atoms with Gasteiger partial charge in [0.15, 0.2) is 0 Å². The molecule has 37 heavy (non-hydrogen) atoms. The average molecular weight is 587 g/mol. The minimum atomic E-state index is -0.435. The zero-order valence-corrected chi connectivity index (χ0v) is 27.0. The Bertz CT molecular complexity index is 777. The molecule has 0 spiro atoms. The van der Waals surface area contributed by atoms with Crippen LogP contribution in [0.3, 0.4) is 0 Å². The summed E-state index contributed by atoms with van der Waals surface area (Å²) in [7, 11) is 0. The topological polar surface area (TPSA) is 24.9 Å². The first kappa shape index (κ1) is 36.3. The Hall–Kier alpha value is -0.746. The standard InChI is InChI=1S/2C11H16N.2C4H8O.2ClH.Ti/c2*1-4-8-12-11-7-5-6-9(2)10(11)3;2*1-2-4-5-3-1;;;/h2*5-7H,4,8H2,1-3H3;2*1-4H2;2*1H;/q2*-1;;;;;+4/p-2. The molecule has 2 fully saturated rings. The predicted octanol–water partition coefficient (Wildman–Crippen LogP) is 1.57. The Kier molecular flexibility index (Phi) is 20.7. The molecule has 2 heterocycles. The van der Waals surface area contributed by atoms with Crippen molar-refractivity contribution in [1.82, 2.24) is 0 Å². The molecule has 2 saturated heterocycles. The molecule has 0 radical (unpaired) electrons. The third-order valence-corrected chi connectivity index (χ3v) is 8.73. The molecule has 2 aromatic carbocycles. The fraction of sp³-hybridized carbons (Fsp3) is 0.600. The summed E-state index contributed by atoms with van der Waals surface area (Å²) in [5.74, 6) is 0. The Morgan fingerprint density at radius 3 is 1.24 bits per heavy atom. The van der Waals surface area contributed by atoms with E-state index in [1.165, 1.54) is 72.2 Å². The molecule has 4 rings (SSSR count). The van der Waals surface area contributed by atoms with E-state index in [0.29, 0.717) is 0 Å². The van der Waals surface area contributed by atoms with Gasteiger partial charge in [0, 0.05) is 26.4 Å². The van der Waals surface area contributed by atoms with Crippen LogP contribution < -0.4 is 31.6 Å². The number of rotatable bonds is 8. The molecule has 0 saturated carbocycles. The minimum Gasteiger partial charge on any atom is -1.00 e. The van der Waals surface area contributed by atoms with Gasteiger partial charge in [-0.1, -0.05) is 0 Å². The van der Waals surface area contributed by atoms with Gasteiger partial charge >= 0.3 is 164 Å². The maximum absolute atomic E-state index is 4.94. The van der Waals surface area contributed by atoms with Crippen LogP contribution in [0.4, 0.5) is 11.4 Å². The zero-order valence-electron chi connectivity index (χ0n) is 23.9. The van der Waals surface area contributed by atoms with Crippen molar-refractivity contribution in [3.8, 4) is 0 Å². The van der Waals surface area contributed by atoms with E-state index in [4.69, 9.17) is 9.47 Å². The summed E-state index contributed by atoms with van der Waals surface area (Å²) in [6.07, 6.45) is 7.48. The van der Waals surface area contributed by atoms with Crippen molar-refractivity contribution in [3.05, 3.63) is 58.7 Å². The molecule has 0 atom stereocenters. The molecule has 0 N–H and O–H groups in total. The van der Waals surface area contributed by atoms with Crippen LogP contribution in [0, 0.1) is 27.7 Å². The summed E-state index contributed by atoms with van der Waals surface area (Å²) >= 11 is -0.435. The van der Waals surface area contributed by atoms with Gasteiger partial charge in [0.25, 0.3) is 0 Å². The summed E-state index contributed by atoms with van der Waals surface area (Å²) < 4.78 is 15.2. The molecule has 0 unspecified atom stereocenters. The number of hydrogen-bond acceptors (Lipinski definition) is 4. The van der Waals surface area contributed by atoms with Crippen molar-refractivity contribution in [2.75, 3.05) is 46.3 Å². The number of hydrogen-bond donors (Lipinski definition) is 0. The fourth-order valence-electron chi connectivity index (χ4n) is 4.12. The van der Waals surface area contributed by atoms with Crippen molar-refractivity contribution in [3.63, 3.8) is 0 Å². The SMILES string of the molecule is C1CCOC1.C1CCOC1.CCC[N]([Ti+2][N](CCC)c1cccc(C)c1C)c1cccc(C)c1C.[Cl-].[Cl-]. The molecular formula is C30H48Cl2N2O2Ti. The van der Waals surface area contributed by atoms with Gasteiger partial charge < -0.3 is 34.3 Å². The Morgan fingerprint density at radius 2 is 0.973 bits per heavy atom.